The second-order valence-electron chi connectivity index (χ2n) is 8.99. The van der Waals surface area contributed by atoms with Crippen LogP contribution in [0.15, 0.2) is 75.9 Å². The third kappa shape index (κ3) is 5.10. The smallest absolute Gasteiger partial charge is 0.449 e. The van der Waals surface area contributed by atoms with Crippen molar-refractivity contribution >= 4 is 16.9 Å². The van der Waals surface area contributed by atoms with E-state index in [0.29, 0.717) is 0 Å². The number of benzene rings is 3. The maximum absolute atomic E-state index is 13.8. The summed E-state index contributed by atoms with van der Waals surface area (Å²) in [7, 11) is 0. The van der Waals surface area contributed by atoms with Crippen molar-refractivity contribution in [3.63, 3.8) is 0 Å². The molecule has 0 saturated heterocycles. The predicted molar refractivity (Wildman–Crippen MR) is 124 cm³/mol. The molecular weight excluding hydrogens is 480 g/mol. The minimum Gasteiger partial charge on any atom is -0.449 e. The minimum atomic E-state index is -5.06. The molecule has 0 radical (unpaired) electrons. The summed E-state index contributed by atoms with van der Waals surface area (Å²) in [4.78, 5) is 25.2. The van der Waals surface area contributed by atoms with Crippen LogP contribution in [0.3, 0.4) is 0 Å². The number of esters is 1. The van der Waals surface area contributed by atoms with Crippen molar-refractivity contribution in [1.82, 2.24) is 0 Å². The summed E-state index contributed by atoms with van der Waals surface area (Å²) in [5.41, 5.74) is -1.17. The van der Waals surface area contributed by atoms with Crippen LogP contribution in [0.5, 0.6) is 17.2 Å². The Kier molecular flexibility index (Phi) is 6.34. The average molecular weight is 500 g/mol. The molecule has 1 heterocycles. The van der Waals surface area contributed by atoms with Crippen molar-refractivity contribution in [1.29, 1.82) is 0 Å². The maximum Gasteiger partial charge on any atom is 0.453 e. The third-order valence-corrected chi connectivity index (χ3v) is 5.32. The summed E-state index contributed by atoms with van der Waals surface area (Å²) in [6, 6.07) is 14.7. The van der Waals surface area contributed by atoms with Crippen LogP contribution in [0.2, 0.25) is 0 Å². The highest BCUT2D eigenvalue weighted by Crippen LogP contribution is 2.39. The standard InChI is InChI=1S/C27H20F4O5/c1-26(2,3)15-8-10-16(11-9-15)34-23-22(32)19-13-12-17(14-21(19)36-24(23)27(29,30)31)35-25(33)18-6-4-5-7-20(18)28/h4-14H,1-3H3. The van der Waals surface area contributed by atoms with E-state index >= 15 is 0 Å². The van der Waals surface area contributed by atoms with Crippen molar-refractivity contribution < 1.29 is 36.2 Å². The lowest BCUT2D eigenvalue weighted by molar-refractivity contribution is -0.154. The second-order valence-corrected chi connectivity index (χ2v) is 8.99. The molecule has 0 fully saturated rings. The van der Waals surface area contributed by atoms with Crippen molar-refractivity contribution in [2.24, 2.45) is 0 Å². The molecule has 0 aliphatic carbocycles. The van der Waals surface area contributed by atoms with Crippen molar-refractivity contribution in [2.75, 3.05) is 0 Å². The number of hydrogen-bond donors (Lipinski definition) is 0. The van der Waals surface area contributed by atoms with Gasteiger partial charge in [0, 0.05) is 6.07 Å². The molecule has 0 amide bonds. The SMILES string of the molecule is CC(C)(C)c1ccc(Oc2c(C(F)(F)F)oc3cc(OC(=O)c4ccccc4F)ccc3c2=O)cc1. The van der Waals surface area contributed by atoms with Crippen LogP contribution in [-0.4, -0.2) is 5.97 Å². The third-order valence-electron chi connectivity index (χ3n) is 5.32. The van der Waals surface area contributed by atoms with E-state index in [0.717, 1.165) is 23.8 Å². The van der Waals surface area contributed by atoms with Gasteiger partial charge in [0.15, 0.2) is 0 Å². The zero-order valence-electron chi connectivity index (χ0n) is 19.4. The predicted octanol–water partition coefficient (Wildman–Crippen LogP) is 7.26. The molecule has 3 aromatic carbocycles. The summed E-state index contributed by atoms with van der Waals surface area (Å²) >= 11 is 0. The van der Waals surface area contributed by atoms with Gasteiger partial charge in [-0.25, -0.2) is 9.18 Å². The van der Waals surface area contributed by atoms with Gasteiger partial charge in [-0.3, -0.25) is 4.79 Å². The summed E-state index contributed by atoms with van der Waals surface area (Å²) < 4.78 is 70.7. The molecule has 4 aromatic rings. The lowest BCUT2D eigenvalue weighted by Gasteiger charge is -2.19. The molecule has 0 bridgehead atoms. The topological polar surface area (TPSA) is 65.7 Å². The molecule has 5 nitrogen and oxygen atoms in total. The fraction of sp³-hybridized carbons (Fsp3) is 0.185. The Morgan fingerprint density at radius 3 is 2.14 bits per heavy atom. The molecule has 9 heteroatoms. The molecule has 0 unspecified atom stereocenters. The Morgan fingerprint density at radius 1 is 0.889 bits per heavy atom. The molecule has 0 N–H and O–H groups in total. The molecule has 36 heavy (non-hydrogen) atoms. The lowest BCUT2D eigenvalue weighted by atomic mass is 9.87. The maximum atomic E-state index is 13.8. The highest BCUT2D eigenvalue weighted by atomic mass is 19.4. The number of ether oxygens (including phenoxy) is 2. The first-order valence-electron chi connectivity index (χ1n) is 10.8. The molecule has 0 spiro atoms. The molecule has 0 aliphatic rings. The Hall–Kier alpha value is -4.14. The van der Waals surface area contributed by atoms with Gasteiger partial charge in [0.2, 0.25) is 11.2 Å². The van der Waals surface area contributed by atoms with E-state index < -0.39 is 40.5 Å². The number of hydrogen-bond acceptors (Lipinski definition) is 5. The first kappa shape index (κ1) is 25.0. The number of alkyl halides is 3. The minimum absolute atomic E-state index is 0.0237. The zero-order valence-corrected chi connectivity index (χ0v) is 19.4. The highest BCUT2D eigenvalue weighted by molar-refractivity contribution is 5.92. The van der Waals surface area contributed by atoms with Crippen LogP contribution < -0.4 is 14.9 Å². The molecule has 0 saturated carbocycles. The molecular formula is C27H20F4O5. The van der Waals surface area contributed by atoms with Gasteiger partial charge in [0.25, 0.3) is 5.76 Å². The average Bonchev–Trinajstić information content (AvgIpc) is 2.80. The summed E-state index contributed by atoms with van der Waals surface area (Å²) in [5, 5.41) is -0.227. The van der Waals surface area contributed by atoms with Crippen LogP contribution in [0.1, 0.15) is 42.5 Å². The van der Waals surface area contributed by atoms with Gasteiger partial charge < -0.3 is 13.9 Å². The Balaban J connectivity index is 1.73. The van der Waals surface area contributed by atoms with Crippen LogP contribution in [0.25, 0.3) is 11.0 Å². The lowest BCUT2D eigenvalue weighted by Crippen LogP contribution is -2.16. The quantitative estimate of drug-likeness (QED) is 0.168. The molecule has 0 atom stereocenters. The van der Waals surface area contributed by atoms with Gasteiger partial charge in [0.05, 0.1) is 10.9 Å². The Bertz CT molecular complexity index is 1500. The van der Waals surface area contributed by atoms with Crippen LogP contribution in [0.4, 0.5) is 17.6 Å². The van der Waals surface area contributed by atoms with Gasteiger partial charge in [-0.05, 0) is 47.4 Å². The number of carbonyl (C=O) groups excluding carboxylic acids is 1. The normalized spacial score (nSPS) is 12.0. The number of halogens is 4. The summed E-state index contributed by atoms with van der Waals surface area (Å²) in [6.45, 7) is 5.93. The van der Waals surface area contributed by atoms with E-state index in [1.54, 1.807) is 12.1 Å². The fourth-order valence-electron chi connectivity index (χ4n) is 3.43. The molecule has 0 aliphatic heterocycles. The van der Waals surface area contributed by atoms with Crippen molar-refractivity contribution in [3.8, 4) is 17.2 Å². The fourth-order valence-corrected chi connectivity index (χ4v) is 3.43. The first-order valence-corrected chi connectivity index (χ1v) is 10.8. The van der Waals surface area contributed by atoms with E-state index in [9.17, 15) is 27.2 Å². The zero-order chi connectivity index (χ0) is 26.3. The number of fused-ring (bicyclic) bond motifs is 1. The molecule has 4 rings (SSSR count). The van der Waals surface area contributed by atoms with Crippen LogP contribution in [0, 0.1) is 5.82 Å². The summed E-state index contributed by atoms with van der Waals surface area (Å²) in [6.07, 6.45) is -5.06. The van der Waals surface area contributed by atoms with Gasteiger partial charge in [-0.1, -0.05) is 45.0 Å². The van der Waals surface area contributed by atoms with Gasteiger partial charge in [0.1, 0.15) is 22.9 Å². The van der Waals surface area contributed by atoms with Gasteiger partial charge in [-0.2, -0.15) is 13.2 Å². The Morgan fingerprint density at radius 2 is 1.53 bits per heavy atom. The summed E-state index contributed by atoms with van der Waals surface area (Å²) in [5.74, 6) is -4.77. The highest BCUT2D eigenvalue weighted by Gasteiger charge is 2.40. The Labute approximate surface area is 202 Å². The molecule has 1 aromatic heterocycles. The van der Waals surface area contributed by atoms with E-state index in [-0.39, 0.29) is 27.9 Å². The van der Waals surface area contributed by atoms with E-state index in [4.69, 9.17) is 13.9 Å². The monoisotopic (exact) mass is 500 g/mol. The van der Waals surface area contributed by atoms with E-state index in [1.165, 1.54) is 36.4 Å². The van der Waals surface area contributed by atoms with Gasteiger partial charge in [-0.15, -0.1) is 0 Å². The van der Waals surface area contributed by atoms with Crippen LogP contribution in [-0.2, 0) is 11.6 Å². The largest absolute Gasteiger partial charge is 0.453 e. The van der Waals surface area contributed by atoms with E-state index in [1.807, 2.05) is 20.8 Å². The molecule has 186 valence electrons. The van der Waals surface area contributed by atoms with E-state index in [2.05, 4.69) is 0 Å². The number of rotatable bonds is 4. The van der Waals surface area contributed by atoms with Crippen molar-refractivity contribution in [3.05, 3.63) is 99.7 Å². The number of carbonyl (C=O) groups is 1. The van der Waals surface area contributed by atoms with Crippen molar-refractivity contribution in [2.45, 2.75) is 32.4 Å². The second kappa shape index (κ2) is 9.14. The van der Waals surface area contributed by atoms with Gasteiger partial charge >= 0.3 is 12.1 Å². The first-order chi connectivity index (χ1) is 16.8. The van der Waals surface area contributed by atoms with Crippen LogP contribution >= 0.6 is 0 Å².